The maximum Gasteiger partial charge on any atom is 0.191 e. The number of halogens is 1. The van der Waals surface area contributed by atoms with Gasteiger partial charge in [-0.05, 0) is 24.6 Å². The van der Waals surface area contributed by atoms with Gasteiger partial charge in [-0.3, -0.25) is 0 Å². The van der Waals surface area contributed by atoms with Gasteiger partial charge in [-0.15, -0.1) is 10.2 Å². The quantitative estimate of drug-likeness (QED) is 0.779. The van der Waals surface area contributed by atoms with Gasteiger partial charge in [0.2, 0.25) is 0 Å². The molecule has 0 bridgehead atoms. The van der Waals surface area contributed by atoms with Gasteiger partial charge in [0.1, 0.15) is 11.6 Å². The molecular weight excluding hydrogens is 261 g/mol. The van der Waals surface area contributed by atoms with Crippen LogP contribution in [0, 0.1) is 5.82 Å². The lowest BCUT2D eigenvalue weighted by atomic mass is 10.2. The number of hydrogen-bond acceptors (Lipinski definition) is 3. The van der Waals surface area contributed by atoms with Gasteiger partial charge in [-0.2, -0.15) is 0 Å². The first-order valence-corrected chi connectivity index (χ1v) is 7.40. The maximum atomic E-state index is 13.1. The number of hydrogen-bond donors (Lipinski definition) is 0. The van der Waals surface area contributed by atoms with E-state index < -0.39 is 0 Å². The molecule has 0 aliphatic heterocycles. The topological polar surface area (TPSA) is 30.7 Å². The van der Waals surface area contributed by atoms with Crippen LogP contribution in [0.4, 0.5) is 4.39 Å². The molecule has 0 atom stereocenters. The van der Waals surface area contributed by atoms with Crippen molar-refractivity contribution in [1.82, 2.24) is 14.8 Å². The SMILES string of the molecule is CCn1c(SCc2cccc(F)c2)nnc1C(C)C. The van der Waals surface area contributed by atoms with E-state index in [0.29, 0.717) is 11.7 Å². The Morgan fingerprint density at radius 1 is 1.32 bits per heavy atom. The first-order valence-electron chi connectivity index (χ1n) is 6.42. The molecule has 19 heavy (non-hydrogen) atoms. The fourth-order valence-corrected chi connectivity index (χ4v) is 2.86. The van der Waals surface area contributed by atoms with Crippen molar-refractivity contribution in [3.8, 4) is 0 Å². The minimum absolute atomic E-state index is 0.196. The van der Waals surface area contributed by atoms with Crippen molar-refractivity contribution in [2.45, 2.75) is 44.1 Å². The normalized spacial score (nSPS) is 11.2. The fraction of sp³-hybridized carbons (Fsp3) is 0.429. The lowest BCUT2D eigenvalue weighted by Gasteiger charge is -2.09. The average molecular weight is 279 g/mol. The highest BCUT2D eigenvalue weighted by atomic mass is 32.2. The molecule has 0 fully saturated rings. The zero-order valence-electron chi connectivity index (χ0n) is 11.4. The summed E-state index contributed by atoms with van der Waals surface area (Å²) >= 11 is 1.59. The van der Waals surface area contributed by atoms with Gasteiger partial charge in [-0.25, -0.2) is 4.39 Å². The van der Waals surface area contributed by atoms with Crippen LogP contribution in [0.15, 0.2) is 29.4 Å². The monoisotopic (exact) mass is 279 g/mol. The molecule has 2 rings (SSSR count). The Balaban J connectivity index is 2.11. The van der Waals surface area contributed by atoms with E-state index in [0.717, 1.165) is 23.1 Å². The van der Waals surface area contributed by atoms with Crippen LogP contribution in [-0.4, -0.2) is 14.8 Å². The van der Waals surface area contributed by atoms with E-state index in [9.17, 15) is 4.39 Å². The Morgan fingerprint density at radius 3 is 2.74 bits per heavy atom. The highest BCUT2D eigenvalue weighted by Crippen LogP contribution is 2.24. The van der Waals surface area contributed by atoms with E-state index in [-0.39, 0.29) is 5.82 Å². The molecule has 0 aliphatic rings. The van der Waals surface area contributed by atoms with E-state index in [1.54, 1.807) is 23.9 Å². The van der Waals surface area contributed by atoms with Crippen molar-refractivity contribution in [2.24, 2.45) is 0 Å². The van der Waals surface area contributed by atoms with Crippen molar-refractivity contribution in [3.05, 3.63) is 41.5 Å². The van der Waals surface area contributed by atoms with Crippen molar-refractivity contribution >= 4 is 11.8 Å². The second kappa shape index (κ2) is 6.19. The molecule has 0 spiro atoms. The van der Waals surface area contributed by atoms with Crippen molar-refractivity contribution in [3.63, 3.8) is 0 Å². The number of benzene rings is 1. The summed E-state index contributed by atoms with van der Waals surface area (Å²) in [5.41, 5.74) is 0.960. The second-order valence-electron chi connectivity index (χ2n) is 4.66. The zero-order chi connectivity index (χ0) is 13.8. The summed E-state index contributed by atoms with van der Waals surface area (Å²) in [5, 5.41) is 9.36. The van der Waals surface area contributed by atoms with Crippen LogP contribution in [-0.2, 0) is 12.3 Å². The average Bonchev–Trinajstić information content (AvgIpc) is 2.79. The van der Waals surface area contributed by atoms with Crippen molar-refractivity contribution in [1.29, 1.82) is 0 Å². The standard InChI is InChI=1S/C14H18FN3S/c1-4-18-13(10(2)3)16-17-14(18)19-9-11-6-5-7-12(15)8-11/h5-8,10H,4,9H2,1-3H3. The van der Waals surface area contributed by atoms with E-state index in [1.807, 2.05) is 6.07 Å². The smallest absolute Gasteiger partial charge is 0.191 e. The Hall–Kier alpha value is -1.36. The highest BCUT2D eigenvalue weighted by molar-refractivity contribution is 7.98. The molecule has 0 radical (unpaired) electrons. The molecule has 0 N–H and O–H groups in total. The largest absolute Gasteiger partial charge is 0.306 e. The van der Waals surface area contributed by atoms with Crippen LogP contribution < -0.4 is 0 Å². The van der Waals surface area contributed by atoms with E-state index >= 15 is 0 Å². The summed E-state index contributed by atoms with van der Waals surface area (Å²) < 4.78 is 15.2. The second-order valence-corrected chi connectivity index (χ2v) is 5.60. The molecule has 0 saturated carbocycles. The van der Waals surface area contributed by atoms with Gasteiger partial charge in [-0.1, -0.05) is 37.7 Å². The molecule has 2 aromatic rings. The van der Waals surface area contributed by atoms with Crippen LogP contribution in [0.25, 0.3) is 0 Å². The molecule has 0 saturated heterocycles. The van der Waals surface area contributed by atoms with Crippen molar-refractivity contribution in [2.75, 3.05) is 0 Å². The van der Waals surface area contributed by atoms with Crippen molar-refractivity contribution < 1.29 is 4.39 Å². The number of aromatic nitrogens is 3. The van der Waals surface area contributed by atoms with Crippen LogP contribution in [0.2, 0.25) is 0 Å². The van der Waals surface area contributed by atoms with Gasteiger partial charge in [0.05, 0.1) is 0 Å². The lowest BCUT2D eigenvalue weighted by molar-refractivity contribution is 0.613. The molecular formula is C14H18FN3S. The van der Waals surface area contributed by atoms with Gasteiger partial charge < -0.3 is 4.57 Å². The molecule has 3 nitrogen and oxygen atoms in total. The highest BCUT2D eigenvalue weighted by Gasteiger charge is 2.13. The molecule has 102 valence electrons. The first kappa shape index (κ1) is 14.1. The number of nitrogens with zero attached hydrogens (tertiary/aromatic N) is 3. The fourth-order valence-electron chi connectivity index (χ4n) is 1.91. The van der Waals surface area contributed by atoms with Crippen LogP contribution in [0.1, 0.15) is 38.1 Å². The van der Waals surface area contributed by atoms with E-state index in [2.05, 4.69) is 35.5 Å². The van der Waals surface area contributed by atoms with Crippen LogP contribution in [0.3, 0.4) is 0 Å². The molecule has 0 amide bonds. The molecule has 0 unspecified atom stereocenters. The first-order chi connectivity index (χ1) is 9.11. The lowest BCUT2D eigenvalue weighted by Crippen LogP contribution is -2.04. The Kier molecular flexibility index (Phi) is 4.58. The number of rotatable bonds is 5. The van der Waals surface area contributed by atoms with Crippen LogP contribution in [0.5, 0.6) is 0 Å². The van der Waals surface area contributed by atoms with E-state index in [4.69, 9.17) is 0 Å². The predicted octanol–water partition coefficient (Wildman–Crippen LogP) is 3.85. The van der Waals surface area contributed by atoms with Gasteiger partial charge >= 0.3 is 0 Å². The van der Waals surface area contributed by atoms with Gasteiger partial charge in [0.15, 0.2) is 5.16 Å². The molecule has 5 heteroatoms. The maximum absolute atomic E-state index is 13.1. The van der Waals surface area contributed by atoms with Crippen LogP contribution >= 0.6 is 11.8 Å². The third-order valence-corrected chi connectivity index (χ3v) is 3.87. The summed E-state index contributed by atoms with van der Waals surface area (Å²) in [4.78, 5) is 0. The van der Waals surface area contributed by atoms with Gasteiger partial charge in [0.25, 0.3) is 0 Å². The summed E-state index contributed by atoms with van der Waals surface area (Å²) in [6, 6.07) is 6.67. The van der Waals surface area contributed by atoms with Gasteiger partial charge in [0, 0.05) is 18.2 Å². The summed E-state index contributed by atoms with van der Waals surface area (Å²) in [6.45, 7) is 7.15. The molecule has 1 aromatic heterocycles. The minimum Gasteiger partial charge on any atom is -0.306 e. The van der Waals surface area contributed by atoms with E-state index in [1.165, 1.54) is 6.07 Å². The minimum atomic E-state index is -0.196. The Bertz CT molecular complexity index is 551. The predicted molar refractivity (Wildman–Crippen MR) is 75.7 cm³/mol. The molecule has 1 heterocycles. The summed E-state index contributed by atoms with van der Waals surface area (Å²) in [7, 11) is 0. The summed E-state index contributed by atoms with van der Waals surface area (Å²) in [5.74, 6) is 1.87. The Morgan fingerprint density at radius 2 is 2.11 bits per heavy atom. The molecule has 1 aromatic carbocycles. The zero-order valence-corrected chi connectivity index (χ0v) is 12.2. The molecule has 0 aliphatic carbocycles. The third kappa shape index (κ3) is 3.35. The number of thioether (sulfide) groups is 1. The Labute approximate surface area is 117 Å². The third-order valence-electron chi connectivity index (χ3n) is 2.84. The summed E-state index contributed by atoms with van der Waals surface area (Å²) in [6.07, 6.45) is 0.